The molecule has 1 aliphatic rings. The molecule has 1 N–H and O–H groups in total. The van der Waals surface area contributed by atoms with Gasteiger partial charge in [-0.15, -0.1) is 0 Å². The number of ether oxygens (including phenoxy) is 1. The zero-order valence-electron chi connectivity index (χ0n) is 14.7. The molecule has 1 aliphatic heterocycles. The van der Waals surface area contributed by atoms with Crippen molar-refractivity contribution in [2.45, 2.75) is 33.7 Å². The van der Waals surface area contributed by atoms with Gasteiger partial charge in [-0.05, 0) is 63.1 Å². The Kier molecular flexibility index (Phi) is 4.47. The summed E-state index contributed by atoms with van der Waals surface area (Å²) in [6.07, 6.45) is 0. The number of amides is 1. The monoisotopic (exact) mass is 324 g/mol. The van der Waals surface area contributed by atoms with Crippen LogP contribution < -0.4 is 15.0 Å². The molecule has 1 heterocycles. The average molecular weight is 324 g/mol. The quantitative estimate of drug-likeness (QED) is 0.929. The number of benzene rings is 2. The summed E-state index contributed by atoms with van der Waals surface area (Å²) >= 11 is 0. The van der Waals surface area contributed by atoms with E-state index in [4.69, 9.17) is 4.74 Å². The van der Waals surface area contributed by atoms with Crippen LogP contribution >= 0.6 is 0 Å². The molecule has 24 heavy (non-hydrogen) atoms. The number of aryl methyl sites for hydroxylation is 3. The molecule has 1 unspecified atom stereocenters. The van der Waals surface area contributed by atoms with E-state index in [1.54, 1.807) is 0 Å². The third kappa shape index (κ3) is 3.23. The van der Waals surface area contributed by atoms with E-state index in [0.29, 0.717) is 13.2 Å². The molecule has 0 aliphatic carbocycles. The lowest BCUT2D eigenvalue weighted by molar-refractivity contribution is -0.119. The van der Waals surface area contributed by atoms with Gasteiger partial charge in [0.1, 0.15) is 18.4 Å². The van der Waals surface area contributed by atoms with Crippen molar-refractivity contribution in [3.63, 3.8) is 0 Å². The van der Waals surface area contributed by atoms with Crippen molar-refractivity contribution in [2.75, 3.05) is 23.4 Å². The highest BCUT2D eigenvalue weighted by molar-refractivity contribution is 6.04. The summed E-state index contributed by atoms with van der Waals surface area (Å²) in [6, 6.07) is 11.9. The van der Waals surface area contributed by atoms with E-state index in [0.717, 1.165) is 17.1 Å². The van der Waals surface area contributed by atoms with Crippen molar-refractivity contribution < 1.29 is 9.53 Å². The maximum Gasteiger partial charge on any atom is 0.249 e. The van der Waals surface area contributed by atoms with E-state index in [2.05, 4.69) is 31.3 Å². The minimum atomic E-state index is -0.223. The third-order valence-electron chi connectivity index (χ3n) is 4.52. The first kappa shape index (κ1) is 16.4. The molecule has 4 heteroatoms. The van der Waals surface area contributed by atoms with Crippen LogP contribution in [0.4, 0.5) is 11.4 Å². The number of rotatable bonds is 4. The molecule has 2 aromatic rings. The largest absolute Gasteiger partial charge is 0.492 e. The predicted molar refractivity (Wildman–Crippen MR) is 98.0 cm³/mol. The van der Waals surface area contributed by atoms with E-state index >= 15 is 0 Å². The van der Waals surface area contributed by atoms with Gasteiger partial charge in [-0.3, -0.25) is 4.79 Å². The molecular formula is C20H24N2O2. The fourth-order valence-electron chi connectivity index (χ4n) is 2.91. The molecule has 3 rings (SSSR count). The van der Waals surface area contributed by atoms with Gasteiger partial charge in [0, 0.05) is 0 Å². The number of carbonyl (C=O) groups is 1. The Morgan fingerprint density at radius 2 is 1.75 bits per heavy atom. The Labute approximate surface area is 143 Å². The number of anilines is 2. The van der Waals surface area contributed by atoms with Crippen molar-refractivity contribution >= 4 is 17.3 Å². The molecule has 0 fully saturated rings. The molecule has 2 aromatic carbocycles. The van der Waals surface area contributed by atoms with Gasteiger partial charge in [-0.2, -0.15) is 0 Å². The van der Waals surface area contributed by atoms with Crippen molar-refractivity contribution in [3.05, 3.63) is 53.1 Å². The fraction of sp³-hybridized carbons (Fsp3) is 0.350. The Morgan fingerprint density at radius 1 is 1.08 bits per heavy atom. The second kappa shape index (κ2) is 6.56. The molecule has 0 saturated carbocycles. The second-order valence-electron chi connectivity index (χ2n) is 6.47. The Bertz CT molecular complexity index is 753. The summed E-state index contributed by atoms with van der Waals surface area (Å²) in [6.45, 7) is 9.10. The molecule has 0 saturated heterocycles. The first-order valence-electron chi connectivity index (χ1n) is 8.34. The molecule has 0 spiro atoms. The zero-order chi connectivity index (χ0) is 17.3. The highest BCUT2D eigenvalue weighted by Gasteiger charge is 2.29. The van der Waals surface area contributed by atoms with Crippen LogP contribution in [0.3, 0.4) is 0 Å². The first-order valence-corrected chi connectivity index (χ1v) is 8.34. The number of hydrogen-bond donors (Lipinski definition) is 1. The average Bonchev–Trinajstić information content (AvgIpc) is 2.55. The lowest BCUT2D eigenvalue weighted by Crippen LogP contribution is -2.47. The van der Waals surface area contributed by atoms with Gasteiger partial charge < -0.3 is 15.0 Å². The number of nitrogens with one attached hydrogen (secondary N) is 1. The molecule has 0 bridgehead atoms. The van der Waals surface area contributed by atoms with Crippen LogP contribution in [0.15, 0.2) is 36.4 Å². The molecular weight excluding hydrogens is 300 g/mol. The Hall–Kier alpha value is -2.49. The van der Waals surface area contributed by atoms with E-state index < -0.39 is 0 Å². The summed E-state index contributed by atoms with van der Waals surface area (Å²) in [5.74, 6) is 0.912. The fourth-order valence-corrected chi connectivity index (χ4v) is 2.91. The summed E-state index contributed by atoms with van der Waals surface area (Å²) in [5, 5.41) is 3.29. The van der Waals surface area contributed by atoms with Crippen molar-refractivity contribution in [1.29, 1.82) is 0 Å². The minimum absolute atomic E-state index is 0.0817. The van der Waals surface area contributed by atoms with Crippen molar-refractivity contribution in [1.82, 2.24) is 0 Å². The zero-order valence-corrected chi connectivity index (χ0v) is 14.7. The number of carbonyl (C=O) groups excluding carboxylic acids is 1. The molecule has 0 aromatic heterocycles. The summed E-state index contributed by atoms with van der Waals surface area (Å²) in [4.78, 5) is 14.4. The second-order valence-corrected chi connectivity index (χ2v) is 6.47. The van der Waals surface area contributed by atoms with E-state index in [-0.39, 0.29) is 11.9 Å². The Balaban J connectivity index is 1.75. The van der Waals surface area contributed by atoms with E-state index in [1.165, 1.54) is 16.7 Å². The van der Waals surface area contributed by atoms with Gasteiger partial charge in [0.15, 0.2) is 0 Å². The Morgan fingerprint density at radius 3 is 2.46 bits per heavy atom. The van der Waals surface area contributed by atoms with Gasteiger partial charge in [0.25, 0.3) is 0 Å². The number of nitrogens with zero attached hydrogens (tertiary/aromatic N) is 1. The van der Waals surface area contributed by atoms with Crippen LogP contribution in [0, 0.1) is 20.8 Å². The van der Waals surface area contributed by atoms with Crippen molar-refractivity contribution in [2.24, 2.45) is 0 Å². The maximum atomic E-state index is 12.6. The van der Waals surface area contributed by atoms with E-state index in [1.807, 2.05) is 43.0 Å². The molecule has 126 valence electrons. The summed E-state index contributed by atoms with van der Waals surface area (Å²) in [7, 11) is 0. The van der Waals surface area contributed by atoms with Gasteiger partial charge in [-0.1, -0.05) is 17.7 Å². The van der Waals surface area contributed by atoms with Crippen molar-refractivity contribution in [3.8, 4) is 5.75 Å². The molecule has 1 atom stereocenters. The minimum Gasteiger partial charge on any atom is -0.492 e. The molecule has 4 nitrogen and oxygen atoms in total. The summed E-state index contributed by atoms with van der Waals surface area (Å²) < 4.78 is 5.80. The first-order chi connectivity index (χ1) is 11.5. The van der Waals surface area contributed by atoms with Crippen LogP contribution in [0.2, 0.25) is 0 Å². The lowest BCUT2D eigenvalue weighted by Gasteiger charge is -2.34. The topological polar surface area (TPSA) is 41.6 Å². The van der Waals surface area contributed by atoms with Gasteiger partial charge >= 0.3 is 0 Å². The van der Waals surface area contributed by atoms with Crippen LogP contribution in [0.25, 0.3) is 0 Å². The molecule has 1 amide bonds. The molecule has 0 radical (unpaired) electrons. The third-order valence-corrected chi connectivity index (χ3v) is 4.52. The SMILES string of the molecule is Cc1ccc(OCCN2C(=O)C(C)Nc3cc(C)c(C)cc32)cc1. The predicted octanol–water partition coefficient (Wildman–Crippen LogP) is 3.84. The number of hydrogen-bond acceptors (Lipinski definition) is 3. The van der Waals surface area contributed by atoms with Gasteiger partial charge in [-0.25, -0.2) is 0 Å². The normalized spacial score (nSPS) is 16.6. The van der Waals surface area contributed by atoms with Crippen LogP contribution in [-0.2, 0) is 4.79 Å². The van der Waals surface area contributed by atoms with Crippen LogP contribution in [-0.4, -0.2) is 25.1 Å². The summed E-state index contributed by atoms with van der Waals surface area (Å²) in [5.41, 5.74) is 5.56. The number of fused-ring (bicyclic) bond motifs is 1. The van der Waals surface area contributed by atoms with Gasteiger partial charge in [0.2, 0.25) is 5.91 Å². The standard InChI is InChI=1S/C20H24N2O2/c1-13-5-7-17(8-6-13)24-10-9-22-19-12-15(3)14(2)11-18(19)21-16(4)20(22)23/h5-8,11-12,16,21H,9-10H2,1-4H3. The smallest absolute Gasteiger partial charge is 0.249 e. The maximum absolute atomic E-state index is 12.6. The lowest BCUT2D eigenvalue weighted by atomic mass is 10.0. The van der Waals surface area contributed by atoms with E-state index in [9.17, 15) is 4.79 Å². The highest BCUT2D eigenvalue weighted by Crippen LogP contribution is 2.33. The van der Waals surface area contributed by atoms with Crippen LogP contribution in [0.1, 0.15) is 23.6 Å². The van der Waals surface area contributed by atoms with Gasteiger partial charge in [0.05, 0.1) is 17.9 Å². The highest BCUT2D eigenvalue weighted by atomic mass is 16.5. The van der Waals surface area contributed by atoms with Crippen LogP contribution in [0.5, 0.6) is 5.75 Å².